The predicted molar refractivity (Wildman–Crippen MR) is 67.2 cm³/mol. The summed E-state index contributed by atoms with van der Waals surface area (Å²) >= 11 is 0.910. The van der Waals surface area contributed by atoms with E-state index >= 15 is 0 Å². The molecule has 1 aromatic rings. The highest BCUT2D eigenvalue weighted by Crippen LogP contribution is 2.37. The zero-order valence-corrected chi connectivity index (χ0v) is 10.6. The van der Waals surface area contributed by atoms with Crippen LogP contribution in [0.3, 0.4) is 0 Å². The normalized spacial score (nSPS) is 10.1. The van der Waals surface area contributed by atoms with E-state index in [-0.39, 0.29) is 17.2 Å². The molecule has 0 saturated heterocycles. The van der Waals surface area contributed by atoms with Crippen molar-refractivity contribution in [2.24, 2.45) is 0 Å². The molecule has 0 aliphatic rings. The number of carboxylic acid groups (broad SMARTS) is 1. The average molecular weight is 271 g/mol. The molecule has 1 rings (SSSR count). The van der Waals surface area contributed by atoms with Crippen molar-refractivity contribution in [3.63, 3.8) is 0 Å². The maximum Gasteiger partial charge on any atom is 0.324 e. The highest BCUT2D eigenvalue weighted by Gasteiger charge is 2.21. The van der Waals surface area contributed by atoms with Crippen LogP contribution in [0.4, 0.5) is 5.69 Å². The monoisotopic (exact) mass is 271 g/mol. The fourth-order valence-electron chi connectivity index (χ4n) is 1.27. The molecule has 18 heavy (non-hydrogen) atoms. The van der Waals surface area contributed by atoms with Gasteiger partial charge in [-0.2, -0.15) is 0 Å². The summed E-state index contributed by atoms with van der Waals surface area (Å²) in [6.07, 6.45) is 0.740. The number of benzene rings is 1. The summed E-state index contributed by atoms with van der Waals surface area (Å²) in [5, 5.41) is 19.6. The van der Waals surface area contributed by atoms with E-state index in [1.165, 1.54) is 12.1 Å². The third kappa shape index (κ3) is 3.92. The smallest absolute Gasteiger partial charge is 0.324 e. The number of carbonyl (C=O) groups is 1. The zero-order valence-electron chi connectivity index (χ0n) is 9.79. The minimum atomic E-state index is -1.02. The summed E-state index contributed by atoms with van der Waals surface area (Å²) < 4.78 is 5.29. The molecule has 0 aromatic heterocycles. The number of aliphatic carboxylic acids is 1. The lowest BCUT2D eigenvalue weighted by atomic mass is 10.3. The van der Waals surface area contributed by atoms with Crippen LogP contribution in [-0.4, -0.2) is 28.4 Å². The van der Waals surface area contributed by atoms with Gasteiger partial charge >= 0.3 is 11.7 Å². The molecule has 0 atom stereocenters. The van der Waals surface area contributed by atoms with Gasteiger partial charge in [-0.1, -0.05) is 13.0 Å². The van der Waals surface area contributed by atoms with Crippen molar-refractivity contribution in [2.75, 3.05) is 12.4 Å². The number of nitrogens with zero attached hydrogens (tertiary/aromatic N) is 1. The van der Waals surface area contributed by atoms with E-state index < -0.39 is 10.9 Å². The first-order valence-corrected chi connectivity index (χ1v) is 6.29. The third-order valence-electron chi connectivity index (χ3n) is 1.96. The number of thioether (sulfide) groups is 1. The molecule has 0 aliphatic carbocycles. The van der Waals surface area contributed by atoms with Gasteiger partial charge in [-0.3, -0.25) is 14.9 Å². The molecule has 0 fully saturated rings. The fourth-order valence-corrected chi connectivity index (χ4v) is 2.03. The number of nitro groups is 1. The SMILES string of the molecule is CCCOc1cccc(SCC(=O)O)c1[N+](=O)[O-]. The molecule has 7 heteroatoms. The number of hydrogen-bond acceptors (Lipinski definition) is 5. The van der Waals surface area contributed by atoms with E-state index in [9.17, 15) is 14.9 Å². The first kappa shape index (κ1) is 14.3. The largest absolute Gasteiger partial charge is 0.487 e. The number of ether oxygens (including phenoxy) is 1. The van der Waals surface area contributed by atoms with E-state index in [1.807, 2.05) is 6.92 Å². The van der Waals surface area contributed by atoms with Gasteiger partial charge in [0.15, 0.2) is 5.75 Å². The van der Waals surface area contributed by atoms with E-state index in [0.29, 0.717) is 11.5 Å². The van der Waals surface area contributed by atoms with E-state index in [4.69, 9.17) is 9.84 Å². The van der Waals surface area contributed by atoms with Crippen LogP contribution >= 0.6 is 11.8 Å². The van der Waals surface area contributed by atoms with Crippen molar-refractivity contribution in [3.8, 4) is 5.75 Å². The van der Waals surface area contributed by atoms with Crippen molar-refractivity contribution >= 4 is 23.4 Å². The van der Waals surface area contributed by atoms with E-state index in [0.717, 1.165) is 18.2 Å². The van der Waals surface area contributed by atoms with Crippen LogP contribution in [0, 0.1) is 10.1 Å². The van der Waals surface area contributed by atoms with Gasteiger partial charge in [-0.25, -0.2) is 0 Å². The molecule has 0 aliphatic heterocycles. The van der Waals surface area contributed by atoms with Gasteiger partial charge in [0.2, 0.25) is 0 Å². The quantitative estimate of drug-likeness (QED) is 0.465. The van der Waals surface area contributed by atoms with Crippen LogP contribution < -0.4 is 4.74 Å². The Morgan fingerprint density at radius 3 is 2.83 bits per heavy atom. The molecule has 0 unspecified atom stereocenters. The first-order chi connectivity index (χ1) is 8.56. The Bertz CT molecular complexity index is 449. The van der Waals surface area contributed by atoms with Gasteiger partial charge in [0, 0.05) is 0 Å². The maximum absolute atomic E-state index is 11.0. The fraction of sp³-hybridized carbons (Fsp3) is 0.364. The predicted octanol–water partition coefficient (Wildman–Crippen LogP) is 2.56. The minimum absolute atomic E-state index is 0.169. The zero-order chi connectivity index (χ0) is 13.5. The van der Waals surface area contributed by atoms with Gasteiger partial charge in [-0.05, 0) is 18.6 Å². The van der Waals surface area contributed by atoms with Gasteiger partial charge < -0.3 is 9.84 Å². The molecule has 0 bridgehead atoms. The topological polar surface area (TPSA) is 89.7 Å². The van der Waals surface area contributed by atoms with Crippen LogP contribution in [0.25, 0.3) is 0 Å². The standard InChI is InChI=1S/C11H13NO5S/c1-2-6-17-8-4-3-5-9(11(8)12(15)16)18-7-10(13)14/h3-5H,2,6-7H2,1H3,(H,13,14). The van der Waals surface area contributed by atoms with Crippen molar-refractivity contribution in [2.45, 2.75) is 18.2 Å². The van der Waals surface area contributed by atoms with Gasteiger partial charge in [-0.15, -0.1) is 11.8 Å². The second-order valence-electron chi connectivity index (χ2n) is 3.39. The van der Waals surface area contributed by atoms with Crippen LogP contribution in [0.2, 0.25) is 0 Å². The molecular weight excluding hydrogens is 258 g/mol. The van der Waals surface area contributed by atoms with Crippen molar-refractivity contribution in [3.05, 3.63) is 28.3 Å². The summed E-state index contributed by atoms with van der Waals surface area (Å²) in [4.78, 5) is 21.3. The average Bonchev–Trinajstić information content (AvgIpc) is 2.33. The number of para-hydroxylation sites is 1. The first-order valence-electron chi connectivity index (χ1n) is 5.31. The lowest BCUT2D eigenvalue weighted by Gasteiger charge is -2.08. The van der Waals surface area contributed by atoms with Gasteiger partial charge in [0.05, 0.1) is 22.2 Å². The molecule has 98 valence electrons. The Morgan fingerprint density at radius 1 is 1.56 bits per heavy atom. The molecule has 0 radical (unpaired) electrons. The summed E-state index contributed by atoms with van der Waals surface area (Å²) in [6, 6.07) is 4.64. The second kappa shape index (κ2) is 6.85. The Kier molecular flexibility index (Phi) is 5.44. The summed E-state index contributed by atoms with van der Waals surface area (Å²) in [7, 11) is 0. The summed E-state index contributed by atoms with van der Waals surface area (Å²) in [6.45, 7) is 2.28. The number of rotatable bonds is 7. The second-order valence-corrected chi connectivity index (χ2v) is 4.41. The molecule has 1 N–H and O–H groups in total. The number of carboxylic acids is 1. The molecule has 0 heterocycles. The molecule has 0 amide bonds. The van der Waals surface area contributed by atoms with Crippen LogP contribution in [0.15, 0.2) is 23.1 Å². The minimum Gasteiger partial charge on any atom is -0.487 e. The Balaban J connectivity index is 3.01. The van der Waals surface area contributed by atoms with E-state index in [1.54, 1.807) is 6.07 Å². The molecular formula is C11H13NO5S. The summed E-state index contributed by atoms with van der Waals surface area (Å²) in [5.74, 6) is -1.07. The summed E-state index contributed by atoms with van der Waals surface area (Å²) in [5.41, 5.74) is -0.169. The highest BCUT2D eigenvalue weighted by atomic mass is 32.2. The lowest BCUT2D eigenvalue weighted by Crippen LogP contribution is -2.02. The lowest BCUT2D eigenvalue weighted by molar-refractivity contribution is -0.388. The van der Waals surface area contributed by atoms with Gasteiger partial charge in [0.25, 0.3) is 0 Å². The van der Waals surface area contributed by atoms with Crippen molar-refractivity contribution in [1.29, 1.82) is 0 Å². The Labute approximate surface area is 108 Å². The van der Waals surface area contributed by atoms with Crippen molar-refractivity contribution < 1.29 is 19.6 Å². The van der Waals surface area contributed by atoms with E-state index in [2.05, 4.69) is 0 Å². The Morgan fingerprint density at radius 2 is 2.28 bits per heavy atom. The Hall–Kier alpha value is -1.76. The number of nitro benzene ring substituents is 1. The molecule has 0 saturated carbocycles. The number of hydrogen-bond donors (Lipinski definition) is 1. The van der Waals surface area contributed by atoms with Gasteiger partial charge in [0.1, 0.15) is 0 Å². The molecule has 1 aromatic carbocycles. The van der Waals surface area contributed by atoms with Crippen LogP contribution in [-0.2, 0) is 4.79 Å². The van der Waals surface area contributed by atoms with Crippen molar-refractivity contribution in [1.82, 2.24) is 0 Å². The third-order valence-corrected chi connectivity index (χ3v) is 2.99. The maximum atomic E-state index is 11.0. The van der Waals surface area contributed by atoms with Crippen LogP contribution in [0.1, 0.15) is 13.3 Å². The molecule has 0 spiro atoms. The molecule has 6 nitrogen and oxygen atoms in total. The highest BCUT2D eigenvalue weighted by molar-refractivity contribution is 8.00. The van der Waals surface area contributed by atoms with Crippen LogP contribution in [0.5, 0.6) is 5.75 Å².